The van der Waals surface area contributed by atoms with Crippen LogP contribution in [-0.4, -0.2) is 28.0 Å². The molecule has 0 saturated heterocycles. The molecule has 126 valence electrons. The van der Waals surface area contributed by atoms with Gasteiger partial charge in [-0.25, -0.2) is 9.50 Å². The maximum Gasteiger partial charge on any atom is 0.299 e. The van der Waals surface area contributed by atoms with Gasteiger partial charge in [0.2, 0.25) is 0 Å². The summed E-state index contributed by atoms with van der Waals surface area (Å²) in [5.74, 6) is 0.212. The van der Waals surface area contributed by atoms with Crippen LogP contribution in [0.5, 0.6) is 0 Å². The van der Waals surface area contributed by atoms with Gasteiger partial charge in [0, 0.05) is 17.3 Å². The number of aromatic nitrogens is 4. The topological polar surface area (TPSA) is 89.3 Å². The summed E-state index contributed by atoms with van der Waals surface area (Å²) < 4.78 is 29.2. The van der Waals surface area contributed by atoms with Crippen LogP contribution in [0.1, 0.15) is 5.69 Å². The van der Waals surface area contributed by atoms with Crippen LogP contribution in [0.2, 0.25) is 5.02 Å². The maximum absolute atomic E-state index is 12.7. The zero-order valence-electron chi connectivity index (χ0n) is 13.0. The van der Waals surface area contributed by atoms with Crippen molar-refractivity contribution in [2.24, 2.45) is 0 Å². The molecule has 4 rings (SSSR count). The summed E-state index contributed by atoms with van der Waals surface area (Å²) in [6.07, 6.45) is 1.61. The Morgan fingerprint density at radius 2 is 1.88 bits per heavy atom. The van der Waals surface area contributed by atoms with Crippen molar-refractivity contribution in [1.29, 1.82) is 0 Å². The number of nitrogens with one attached hydrogen (secondary N) is 1. The molecular formula is C16H12ClN5O2S. The Morgan fingerprint density at radius 1 is 1.08 bits per heavy atom. The van der Waals surface area contributed by atoms with Crippen LogP contribution in [-0.2, 0) is 10.0 Å². The quantitative estimate of drug-likeness (QED) is 0.596. The number of hydrogen-bond donors (Lipinski definition) is 1. The Kier molecular flexibility index (Phi) is 3.59. The molecule has 2 aromatic carbocycles. The van der Waals surface area contributed by atoms with Crippen LogP contribution >= 0.6 is 11.6 Å². The van der Waals surface area contributed by atoms with Crippen LogP contribution in [0.15, 0.2) is 53.8 Å². The van der Waals surface area contributed by atoms with Gasteiger partial charge in [0.05, 0.1) is 10.7 Å². The van der Waals surface area contributed by atoms with Gasteiger partial charge >= 0.3 is 0 Å². The van der Waals surface area contributed by atoms with Gasteiger partial charge < -0.3 is 0 Å². The third-order valence-electron chi connectivity index (χ3n) is 3.68. The fraction of sp³-hybridized carbons (Fsp3) is 0.0625. The first-order valence-corrected chi connectivity index (χ1v) is 9.20. The summed E-state index contributed by atoms with van der Waals surface area (Å²) >= 11 is 6.21. The number of halogens is 1. The largest absolute Gasteiger partial charge is 0.299 e. The van der Waals surface area contributed by atoms with Crippen molar-refractivity contribution in [3.05, 3.63) is 59.4 Å². The summed E-state index contributed by atoms with van der Waals surface area (Å²) in [6.45, 7) is 1.79. The molecule has 0 amide bonds. The van der Waals surface area contributed by atoms with Gasteiger partial charge in [0.15, 0.2) is 0 Å². The minimum Gasteiger partial charge on any atom is -0.275 e. The van der Waals surface area contributed by atoms with E-state index in [0.29, 0.717) is 21.8 Å². The van der Waals surface area contributed by atoms with Crippen molar-refractivity contribution in [3.8, 4) is 0 Å². The van der Waals surface area contributed by atoms with Gasteiger partial charge in [-0.3, -0.25) is 4.72 Å². The Labute approximate surface area is 148 Å². The molecule has 0 radical (unpaired) electrons. The average Bonchev–Trinajstić information content (AvgIpc) is 3.01. The van der Waals surface area contributed by atoms with Gasteiger partial charge in [-0.05, 0) is 24.4 Å². The molecule has 2 heterocycles. The molecule has 0 aliphatic heterocycles. The van der Waals surface area contributed by atoms with Crippen molar-refractivity contribution in [1.82, 2.24) is 19.6 Å². The molecule has 25 heavy (non-hydrogen) atoms. The van der Waals surface area contributed by atoms with Crippen LogP contribution in [0.3, 0.4) is 0 Å². The Morgan fingerprint density at radius 3 is 2.72 bits per heavy atom. The second kappa shape index (κ2) is 5.68. The van der Waals surface area contributed by atoms with Gasteiger partial charge in [-0.2, -0.15) is 13.4 Å². The fourth-order valence-electron chi connectivity index (χ4n) is 2.49. The lowest BCUT2D eigenvalue weighted by atomic mass is 10.1. The van der Waals surface area contributed by atoms with E-state index in [1.165, 1.54) is 4.52 Å². The molecule has 2 aromatic heterocycles. The van der Waals surface area contributed by atoms with Crippen molar-refractivity contribution in [2.75, 3.05) is 4.72 Å². The summed E-state index contributed by atoms with van der Waals surface area (Å²) in [5, 5.41) is 5.46. The Bertz CT molecular complexity index is 1220. The number of rotatable bonds is 3. The monoisotopic (exact) mass is 373 g/mol. The van der Waals surface area contributed by atoms with E-state index in [-0.39, 0.29) is 10.9 Å². The number of nitrogens with zero attached hydrogens (tertiary/aromatic N) is 4. The predicted octanol–water partition coefficient (Wildman–Crippen LogP) is 3.04. The first kappa shape index (κ1) is 15.8. The Balaban J connectivity index is 1.82. The van der Waals surface area contributed by atoms with Crippen LogP contribution < -0.4 is 4.72 Å². The highest BCUT2D eigenvalue weighted by atomic mass is 35.5. The highest BCUT2D eigenvalue weighted by Gasteiger charge is 2.23. The van der Waals surface area contributed by atoms with Crippen LogP contribution in [0.25, 0.3) is 16.6 Å². The summed E-state index contributed by atoms with van der Waals surface area (Å²) in [6, 6.07) is 12.5. The summed E-state index contributed by atoms with van der Waals surface area (Å²) in [4.78, 5) is 8.15. The van der Waals surface area contributed by atoms with E-state index in [1.807, 2.05) is 24.3 Å². The normalized spacial score (nSPS) is 11.9. The smallest absolute Gasteiger partial charge is 0.275 e. The zero-order chi connectivity index (χ0) is 17.6. The SMILES string of the molecule is Cc1ccn2nc(S(=O)(=O)Nc3c(Cl)ccc4ccccc34)nc2n1. The number of anilines is 1. The molecule has 0 saturated carbocycles. The molecule has 0 aliphatic carbocycles. The highest BCUT2D eigenvalue weighted by molar-refractivity contribution is 7.92. The van der Waals surface area contributed by atoms with E-state index in [1.54, 1.807) is 31.3 Å². The van der Waals surface area contributed by atoms with E-state index < -0.39 is 10.0 Å². The number of hydrogen-bond acceptors (Lipinski definition) is 5. The number of benzene rings is 2. The molecule has 1 N–H and O–H groups in total. The van der Waals surface area contributed by atoms with Crippen molar-refractivity contribution in [2.45, 2.75) is 12.1 Å². The molecule has 4 aromatic rings. The molecule has 9 heteroatoms. The predicted molar refractivity (Wildman–Crippen MR) is 95.3 cm³/mol. The van der Waals surface area contributed by atoms with E-state index >= 15 is 0 Å². The lowest BCUT2D eigenvalue weighted by Crippen LogP contribution is -2.15. The Hall–Kier alpha value is -2.71. The van der Waals surface area contributed by atoms with Crippen LogP contribution in [0, 0.1) is 6.92 Å². The first-order chi connectivity index (χ1) is 11.9. The van der Waals surface area contributed by atoms with Crippen molar-refractivity contribution in [3.63, 3.8) is 0 Å². The molecule has 0 spiro atoms. The highest BCUT2D eigenvalue weighted by Crippen LogP contribution is 2.32. The van der Waals surface area contributed by atoms with Crippen molar-refractivity contribution < 1.29 is 8.42 Å². The summed E-state index contributed by atoms with van der Waals surface area (Å²) in [7, 11) is -4.02. The standard InChI is InChI=1S/C16H12ClN5O2S/c1-10-8-9-22-15(18-10)19-16(20-22)25(23,24)21-14-12-5-3-2-4-11(12)6-7-13(14)17/h2-9,21H,1H3. The molecule has 0 aliphatic rings. The lowest BCUT2D eigenvalue weighted by molar-refractivity contribution is 0.592. The molecule has 0 bridgehead atoms. The second-order valence-electron chi connectivity index (χ2n) is 5.46. The third-order valence-corrected chi connectivity index (χ3v) is 5.12. The van der Waals surface area contributed by atoms with E-state index in [9.17, 15) is 8.42 Å². The van der Waals surface area contributed by atoms with Gasteiger partial charge in [-0.1, -0.05) is 41.9 Å². The average molecular weight is 374 g/mol. The van der Waals surface area contributed by atoms with Crippen LogP contribution in [0.4, 0.5) is 5.69 Å². The first-order valence-electron chi connectivity index (χ1n) is 7.34. The van der Waals surface area contributed by atoms with Gasteiger partial charge in [0.1, 0.15) is 0 Å². The number of aryl methyl sites for hydroxylation is 1. The summed E-state index contributed by atoms with van der Waals surface area (Å²) in [5.41, 5.74) is 1.01. The minimum absolute atomic E-state index is 0.212. The van der Waals surface area contributed by atoms with E-state index in [2.05, 4.69) is 19.8 Å². The molecular weight excluding hydrogens is 362 g/mol. The third kappa shape index (κ3) is 2.79. The van der Waals surface area contributed by atoms with Gasteiger partial charge in [0.25, 0.3) is 21.0 Å². The van der Waals surface area contributed by atoms with Gasteiger partial charge in [-0.15, -0.1) is 5.10 Å². The lowest BCUT2D eigenvalue weighted by Gasteiger charge is -2.10. The fourth-order valence-corrected chi connectivity index (χ4v) is 3.73. The van der Waals surface area contributed by atoms with Crippen molar-refractivity contribution >= 4 is 43.9 Å². The number of fused-ring (bicyclic) bond motifs is 2. The van der Waals surface area contributed by atoms with E-state index in [0.717, 1.165) is 5.39 Å². The number of sulfonamides is 1. The second-order valence-corrected chi connectivity index (χ2v) is 7.44. The molecule has 0 fully saturated rings. The minimum atomic E-state index is -4.02. The molecule has 0 atom stereocenters. The maximum atomic E-state index is 12.7. The molecule has 7 nitrogen and oxygen atoms in total. The van der Waals surface area contributed by atoms with E-state index in [4.69, 9.17) is 11.6 Å². The zero-order valence-corrected chi connectivity index (χ0v) is 14.6. The molecule has 0 unspecified atom stereocenters.